The van der Waals surface area contributed by atoms with E-state index in [0.29, 0.717) is 12.2 Å². The molecule has 2 fully saturated rings. The van der Waals surface area contributed by atoms with Gasteiger partial charge >= 0.3 is 0 Å². The van der Waals surface area contributed by atoms with Gasteiger partial charge in [-0.1, -0.05) is 18.2 Å². The Morgan fingerprint density at radius 2 is 2.04 bits per heavy atom. The summed E-state index contributed by atoms with van der Waals surface area (Å²) >= 11 is 0. The number of carbonyl (C=O) groups excluding carboxylic acids is 1. The molecule has 0 aliphatic carbocycles. The fourth-order valence-electron chi connectivity index (χ4n) is 4.20. The standard InChI is InChI=1S/C22H25FN2O3/c1-27-20-8-2-5-17(11-20)13-24-10-4-9-22(15-24)16-25(21(26)14-28-22)19-7-3-6-18(23)12-19/h2-3,5-8,11-12H,4,9-10,13-16H2,1H3. The number of rotatable bonds is 4. The minimum Gasteiger partial charge on any atom is -0.497 e. The quantitative estimate of drug-likeness (QED) is 0.812. The molecule has 6 heteroatoms. The molecule has 0 saturated carbocycles. The summed E-state index contributed by atoms with van der Waals surface area (Å²) in [6.07, 6.45) is 1.88. The van der Waals surface area contributed by atoms with Crippen LogP contribution in [0.3, 0.4) is 0 Å². The second-order valence-corrected chi connectivity index (χ2v) is 7.60. The number of hydrogen-bond donors (Lipinski definition) is 0. The number of halogens is 1. The Labute approximate surface area is 164 Å². The summed E-state index contributed by atoms with van der Waals surface area (Å²) < 4.78 is 25.0. The van der Waals surface area contributed by atoms with Crippen LogP contribution in [0, 0.1) is 5.82 Å². The molecule has 1 spiro atoms. The molecule has 2 aliphatic heterocycles. The Morgan fingerprint density at radius 1 is 1.18 bits per heavy atom. The average molecular weight is 384 g/mol. The normalized spacial score (nSPS) is 23.2. The van der Waals surface area contributed by atoms with Crippen molar-refractivity contribution in [2.75, 3.05) is 38.3 Å². The van der Waals surface area contributed by atoms with Gasteiger partial charge in [-0.05, 0) is 55.3 Å². The zero-order valence-corrected chi connectivity index (χ0v) is 16.1. The minimum atomic E-state index is -0.419. The first-order chi connectivity index (χ1) is 13.6. The number of piperidine rings is 1. The van der Waals surface area contributed by atoms with Gasteiger partial charge in [0.15, 0.2) is 0 Å². The van der Waals surface area contributed by atoms with Crippen LogP contribution in [0.25, 0.3) is 0 Å². The molecule has 5 nitrogen and oxygen atoms in total. The molecule has 28 heavy (non-hydrogen) atoms. The van der Waals surface area contributed by atoms with Crippen LogP contribution in [-0.2, 0) is 16.1 Å². The monoisotopic (exact) mass is 384 g/mol. The van der Waals surface area contributed by atoms with Crippen LogP contribution in [0.15, 0.2) is 48.5 Å². The highest BCUT2D eigenvalue weighted by Gasteiger charge is 2.43. The van der Waals surface area contributed by atoms with Crippen molar-refractivity contribution in [1.82, 2.24) is 4.90 Å². The van der Waals surface area contributed by atoms with Gasteiger partial charge in [0.1, 0.15) is 18.2 Å². The maximum atomic E-state index is 13.7. The summed E-state index contributed by atoms with van der Waals surface area (Å²) in [4.78, 5) is 16.5. The zero-order valence-electron chi connectivity index (χ0n) is 16.1. The van der Waals surface area contributed by atoms with E-state index in [1.165, 1.54) is 17.7 Å². The third-order valence-electron chi connectivity index (χ3n) is 5.53. The van der Waals surface area contributed by atoms with Crippen molar-refractivity contribution in [3.8, 4) is 5.75 Å². The van der Waals surface area contributed by atoms with Gasteiger partial charge in [0.2, 0.25) is 0 Å². The number of methoxy groups -OCH3 is 1. The van der Waals surface area contributed by atoms with Gasteiger partial charge in [-0.15, -0.1) is 0 Å². The number of carbonyl (C=O) groups is 1. The van der Waals surface area contributed by atoms with Gasteiger partial charge < -0.3 is 14.4 Å². The van der Waals surface area contributed by atoms with E-state index in [1.54, 1.807) is 24.1 Å². The van der Waals surface area contributed by atoms with Crippen molar-refractivity contribution >= 4 is 11.6 Å². The first-order valence-electron chi connectivity index (χ1n) is 9.62. The summed E-state index contributed by atoms with van der Waals surface area (Å²) in [5.41, 5.74) is 1.36. The Balaban J connectivity index is 1.49. The molecule has 1 amide bonds. The molecule has 1 unspecified atom stereocenters. The van der Waals surface area contributed by atoms with Crippen molar-refractivity contribution in [1.29, 1.82) is 0 Å². The number of ether oxygens (including phenoxy) is 2. The van der Waals surface area contributed by atoms with E-state index in [0.717, 1.165) is 38.2 Å². The van der Waals surface area contributed by atoms with E-state index in [1.807, 2.05) is 18.2 Å². The number of hydrogen-bond acceptors (Lipinski definition) is 4. The molecule has 0 aromatic heterocycles. The number of morpholine rings is 1. The Bertz CT molecular complexity index is 859. The lowest BCUT2D eigenvalue weighted by Crippen LogP contribution is -2.61. The van der Waals surface area contributed by atoms with Crippen LogP contribution < -0.4 is 9.64 Å². The summed E-state index contributed by atoms with van der Waals surface area (Å²) in [7, 11) is 1.67. The molecule has 2 aliphatic rings. The van der Waals surface area contributed by atoms with Gasteiger partial charge in [-0.25, -0.2) is 4.39 Å². The summed E-state index contributed by atoms with van der Waals surface area (Å²) in [6, 6.07) is 14.3. The number of amides is 1. The Morgan fingerprint density at radius 3 is 2.86 bits per heavy atom. The third kappa shape index (κ3) is 4.03. The van der Waals surface area contributed by atoms with Crippen molar-refractivity contribution in [2.24, 2.45) is 0 Å². The van der Waals surface area contributed by atoms with Crippen molar-refractivity contribution < 1.29 is 18.7 Å². The van der Waals surface area contributed by atoms with Gasteiger partial charge in [0, 0.05) is 18.8 Å². The van der Waals surface area contributed by atoms with Gasteiger partial charge in [0.25, 0.3) is 5.91 Å². The van der Waals surface area contributed by atoms with E-state index in [-0.39, 0.29) is 18.3 Å². The fraction of sp³-hybridized carbons (Fsp3) is 0.409. The first-order valence-corrected chi connectivity index (χ1v) is 9.62. The second kappa shape index (κ2) is 7.89. The molecule has 4 rings (SSSR count). The SMILES string of the molecule is COc1cccc(CN2CCCC3(C2)CN(c2cccc(F)c2)C(=O)CO3)c1. The average Bonchev–Trinajstić information content (AvgIpc) is 2.70. The Kier molecular flexibility index (Phi) is 5.33. The van der Waals surface area contributed by atoms with Gasteiger partial charge in [0.05, 0.1) is 19.3 Å². The first kappa shape index (κ1) is 18.9. The van der Waals surface area contributed by atoms with Gasteiger partial charge in [-0.2, -0.15) is 0 Å². The lowest BCUT2D eigenvalue weighted by molar-refractivity contribution is -0.146. The summed E-state index contributed by atoms with van der Waals surface area (Å²) in [6.45, 7) is 3.00. The summed E-state index contributed by atoms with van der Waals surface area (Å²) in [5, 5.41) is 0. The van der Waals surface area contributed by atoms with Gasteiger partial charge in [-0.3, -0.25) is 9.69 Å². The van der Waals surface area contributed by atoms with Crippen LogP contribution in [0.5, 0.6) is 5.75 Å². The molecular formula is C22H25FN2O3. The van der Waals surface area contributed by atoms with E-state index in [9.17, 15) is 9.18 Å². The second-order valence-electron chi connectivity index (χ2n) is 7.60. The highest BCUT2D eigenvalue weighted by atomic mass is 19.1. The van der Waals surface area contributed by atoms with E-state index >= 15 is 0 Å². The largest absolute Gasteiger partial charge is 0.497 e. The van der Waals surface area contributed by atoms with Crippen LogP contribution in [0.1, 0.15) is 18.4 Å². The number of anilines is 1. The van der Waals surface area contributed by atoms with Crippen LogP contribution in [0.2, 0.25) is 0 Å². The molecular weight excluding hydrogens is 359 g/mol. The topological polar surface area (TPSA) is 42.0 Å². The van der Waals surface area contributed by atoms with E-state index in [4.69, 9.17) is 9.47 Å². The molecule has 1 atom stereocenters. The molecule has 2 heterocycles. The van der Waals surface area contributed by atoms with Crippen molar-refractivity contribution in [3.63, 3.8) is 0 Å². The molecule has 2 saturated heterocycles. The lowest BCUT2D eigenvalue weighted by Gasteiger charge is -2.47. The smallest absolute Gasteiger partial charge is 0.253 e. The Hall–Kier alpha value is -2.44. The molecule has 0 bridgehead atoms. The molecule has 2 aromatic carbocycles. The third-order valence-corrected chi connectivity index (χ3v) is 5.53. The maximum Gasteiger partial charge on any atom is 0.253 e. The van der Waals surface area contributed by atoms with Crippen LogP contribution in [0.4, 0.5) is 10.1 Å². The number of benzene rings is 2. The molecule has 148 valence electrons. The lowest BCUT2D eigenvalue weighted by atomic mass is 9.90. The fourth-order valence-corrected chi connectivity index (χ4v) is 4.20. The molecule has 2 aromatic rings. The maximum absolute atomic E-state index is 13.7. The summed E-state index contributed by atoms with van der Waals surface area (Å²) in [5.74, 6) is 0.385. The highest BCUT2D eigenvalue weighted by Crippen LogP contribution is 2.32. The highest BCUT2D eigenvalue weighted by molar-refractivity contribution is 5.95. The number of likely N-dealkylation sites (tertiary alicyclic amines) is 1. The van der Waals surface area contributed by atoms with Crippen LogP contribution in [-0.4, -0.2) is 49.8 Å². The zero-order chi connectivity index (χ0) is 19.6. The van der Waals surface area contributed by atoms with Crippen molar-refractivity contribution in [2.45, 2.75) is 25.0 Å². The predicted octanol–water partition coefficient (Wildman–Crippen LogP) is 3.23. The molecule has 0 radical (unpaired) electrons. The van der Waals surface area contributed by atoms with Crippen molar-refractivity contribution in [3.05, 3.63) is 59.9 Å². The minimum absolute atomic E-state index is 0.0313. The number of nitrogens with zero attached hydrogens (tertiary/aromatic N) is 2. The van der Waals surface area contributed by atoms with Crippen LogP contribution >= 0.6 is 0 Å². The van der Waals surface area contributed by atoms with E-state index < -0.39 is 5.60 Å². The van der Waals surface area contributed by atoms with E-state index in [2.05, 4.69) is 11.0 Å². The molecule has 0 N–H and O–H groups in total. The predicted molar refractivity (Wildman–Crippen MR) is 105 cm³/mol.